The van der Waals surface area contributed by atoms with Gasteiger partial charge in [0.25, 0.3) is 0 Å². The van der Waals surface area contributed by atoms with Gasteiger partial charge >= 0.3 is 0 Å². The van der Waals surface area contributed by atoms with Crippen LogP contribution < -0.4 is 15.8 Å². The first-order chi connectivity index (χ1) is 10.2. The summed E-state index contributed by atoms with van der Waals surface area (Å²) in [7, 11) is 0. The number of para-hydroxylation sites is 1. The molecular formula is C17H20N2O2. The standard InChI is InChI=1S/C17H20N2O2/c1-2-21-16-6-4-3-5-14(16)12-19-15-9-7-13(8-10-15)11-17(18)20/h3-10,19H,2,11-12H2,1H3,(H2,18,20). The van der Waals surface area contributed by atoms with Crippen LogP contribution in [0.5, 0.6) is 5.75 Å². The molecule has 0 aliphatic carbocycles. The number of primary amides is 1. The Bertz CT molecular complexity index is 594. The number of amides is 1. The molecule has 0 aliphatic rings. The Morgan fingerprint density at radius 1 is 1.14 bits per heavy atom. The normalized spacial score (nSPS) is 10.1. The van der Waals surface area contributed by atoms with Crippen LogP contribution in [0, 0.1) is 0 Å². The zero-order valence-corrected chi connectivity index (χ0v) is 12.1. The molecule has 0 spiro atoms. The van der Waals surface area contributed by atoms with Crippen molar-refractivity contribution in [2.75, 3.05) is 11.9 Å². The predicted molar refractivity (Wildman–Crippen MR) is 84.3 cm³/mol. The van der Waals surface area contributed by atoms with E-state index in [1.165, 1.54) is 0 Å². The number of hydrogen-bond acceptors (Lipinski definition) is 3. The third-order valence-electron chi connectivity index (χ3n) is 3.09. The third-order valence-corrected chi connectivity index (χ3v) is 3.09. The molecule has 0 aliphatic heterocycles. The van der Waals surface area contributed by atoms with Crippen LogP contribution in [0.25, 0.3) is 0 Å². The molecule has 0 radical (unpaired) electrons. The number of nitrogens with one attached hydrogen (secondary N) is 1. The molecule has 4 heteroatoms. The van der Waals surface area contributed by atoms with Crippen molar-refractivity contribution < 1.29 is 9.53 Å². The highest BCUT2D eigenvalue weighted by atomic mass is 16.5. The molecule has 2 aromatic carbocycles. The van der Waals surface area contributed by atoms with Crippen molar-refractivity contribution in [3.8, 4) is 5.75 Å². The molecule has 0 bridgehead atoms. The van der Waals surface area contributed by atoms with E-state index in [2.05, 4.69) is 5.32 Å². The maximum atomic E-state index is 10.9. The van der Waals surface area contributed by atoms with E-state index in [0.29, 0.717) is 13.2 Å². The minimum absolute atomic E-state index is 0.271. The number of hydrogen-bond donors (Lipinski definition) is 2. The van der Waals surface area contributed by atoms with Crippen molar-refractivity contribution >= 4 is 11.6 Å². The molecule has 0 heterocycles. The lowest BCUT2D eigenvalue weighted by molar-refractivity contribution is -0.117. The molecule has 2 rings (SSSR count). The lowest BCUT2D eigenvalue weighted by atomic mass is 10.1. The largest absolute Gasteiger partial charge is 0.494 e. The third kappa shape index (κ3) is 4.53. The number of anilines is 1. The highest BCUT2D eigenvalue weighted by Crippen LogP contribution is 2.19. The van der Waals surface area contributed by atoms with Crippen LogP contribution in [0.2, 0.25) is 0 Å². The van der Waals surface area contributed by atoms with Gasteiger partial charge in [-0.3, -0.25) is 4.79 Å². The van der Waals surface area contributed by atoms with Crippen LogP contribution in [0.1, 0.15) is 18.1 Å². The van der Waals surface area contributed by atoms with E-state index in [4.69, 9.17) is 10.5 Å². The zero-order valence-electron chi connectivity index (χ0n) is 12.1. The van der Waals surface area contributed by atoms with Gasteiger partial charge in [0.2, 0.25) is 5.91 Å². The van der Waals surface area contributed by atoms with Crippen LogP contribution in [0.15, 0.2) is 48.5 Å². The number of rotatable bonds is 7. The summed E-state index contributed by atoms with van der Waals surface area (Å²) in [4.78, 5) is 10.9. The van der Waals surface area contributed by atoms with Crippen LogP contribution in [-0.2, 0) is 17.8 Å². The first kappa shape index (κ1) is 14.9. The van der Waals surface area contributed by atoms with Gasteiger partial charge in [0.05, 0.1) is 13.0 Å². The van der Waals surface area contributed by atoms with E-state index in [1.807, 2.05) is 55.5 Å². The van der Waals surface area contributed by atoms with Gasteiger partial charge in [0.1, 0.15) is 5.75 Å². The highest BCUT2D eigenvalue weighted by Gasteiger charge is 2.03. The van der Waals surface area contributed by atoms with Crippen LogP contribution in [-0.4, -0.2) is 12.5 Å². The molecule has 110 valence electrons. The summed E-state index contributed by atoms with van der Waals surface area (Å²) in [5.41, 5.74) is 8.20. The maximum Gasteiger partial charge on any atom is 0.221 e. The number of carbonyl (C=O) groups excluding carboxylic acids is 1. The summed E-state index contributed by atoms with van der Waals surface area (Å²) in [5.74, 6) is 0.583. The molecule has 0 unspecified atom stereocenters. The van der Waals surface area contributed by atoms with Crippen molar-refractivity contribution in [2.24, 2.45) is 5.73 Å². The fourth-order valence-electron chi connectivity index (χ4n) is 2.09. The van der Waals surface area contributed by atoms with Gasteiger partial charge in [-0.2, -0.15) is 0 Å². The molecule has 3 N–H and O–H groups in total. The lowest BCUT2D eigenvalue weighted by Gasteiger charge is -2.12. The van der Waals surface area contributed by atoms with Crippen molar-refractivity contribution in [1.29, 1.82) is 0 Å². The van der Waals surface area contributed by atoms with Gasteiger partial charge < -0.3 is 15.8 Å². The smallest absolute Gasteiger partial charge is 0.221 e. The second kappa shape index (κ2) is 7.33. The van der Waals surface area contributed by atoms with E-state index in [1.54, 1.807) is 0 Å². The highest BCUT2D eigenvalue weighted by molar-refractivity contribution is 5.76. The first-order valence-corrected chi connectivity index (χ1v) is 7.01. The monoisotopic (exact) mass is 284 g/mol. The Kier molecular flexibility index (Phi) is 5.21. The number of ether oxygens (including phenoxy) is 1. The molecule has 2 aromatic rings. The van der Waals surface area contributed by atoms with Crippen LogP contribution >= 0.6 is 0 Å². The summed E-state index contributed by atoms with van der Waals surface area (Å²) in [6.07, 6.45) is 0.271. The minimum Gasteiger partial charge on any atom is -0.494 e. The summed E-state index contributed by atoms with van der Waals surface area (Å²) in [6.45, 7) is 3.31. The van der Waals surface area contributed by atoms with Gasteiger partial charge in [-0.15, -0.1) is 0 Å². The molecule has 0 atom stereocenters. The molecule has 1 amide bonds. The summed E-state index contributed by atoms with van der Waals surface area (Å²) in [5, 5.41) is 3.34. The maximum absolute atomic E-state index is 10.9. The van der Waals surface area contributed by atoms with Gasteiger partial charge in [0.15, 0.2) is 0 Å². The zero-order chi connectivity index (χ0) is 15.1. The van der Waals surface area contributed by atoms with Gasteiger partial charge in [0, 0.05) is 17.8 Å². The predicted octanol–water partition coefficient (Wildman–Crippen LogP) is 2.73. The molecule has 4 nitrogen and oxygen atoms in total. The molecule has 0 saturated carbocycles. The number of carbonyl (C=O) groups is 1. The molecule has 0 fully saturated rings. The summed E-state index contributed by atoms with van der Waals surface area (Å²) in [6, 6.07) is 15.7. The van der Waals surface area contributed by atoms with Gasteiger partial charge in [-0.25, -0.2) is 0 Å². The fraction of sp³-hybridized carbons (Fsp3) is 0.235. The van der Waals surface area contributed by atoms with Gasteiger partial charge in [-0.1, -0.05) is 30.3 Å². The Balaban J connectivity index is 1.98. The fourth-order valence-corrected chi connectivity index (χ4v) is 2.09. The number of nitrogens with two attached hydrogens (primary N) is 1. The summed E-state index contributed by atoms with van der Waals surface area (Å²) < 4.78 is 5.60. The Labute approximate surface area is 124 Å². The summed E-state index contributed by atoms with van der Waals surface area (Å²) >= 11 is 0. The Morgan fingerprint density at radius 2 is 1.86 bits per heavy atom. The van der Waals surface area contributed by atoms with Crippen LogP contribution in [0.4, 0.5) is 5.69 Å². The topological polar surface area (TPSA) is 64.3 Å². The van der Waals surface area contributed by atoms with E-state index < -0.39 is 0 Å². The second-order valence-electron chi connectivity index (χ2n) is 4.73. The Morgan fingerprint density at radius 3 is 2.52 bits per heavy atom. The van der Waals surface area contributed by atoms with Crippen molar-refractivity contribution in [3.63, 3.8) is 0 Å². The van der Waals surface area contributed by atoms with E-state index in [-0.39, 0.29) is 12.3 Å². The average molecular weight is 284 g/mol. The van der Waals surface area contributed by atoms with E-state index >= 15 is 0 Å². The van der Waals surface area contributed by atoms with E-state index in [9.17, 15) is 4.79 Å². The van der Waals surface area contributed by atoms with Crippen molar-refractivity contribution in [1.82, 2.24) is 0 Å². The van der Waals surface area contributed by atoms with Crippen molar-refractivity contribution in [3.05, 3.63) is 59.7 Å². The second-order valence-corrected chi connectivity index (χ2v) is 4.73. The number of benzene rings is 2. The minimum atomic E-state index is -0.318. The van der Waals surface area contributed by atoms with Crippen molar-refractivity contribution in [2.45, 2.75) is 19.9 Å². The van der Waals surface area contributed by atoms with Gasteiger partial charge in [-0.05, 0) is 30.7 Å². The molecule has 0 aromatic heterocycles. The SMILES string of the molecule is CCOc1ccccc1CNc1ccc(CC(N)=O)cc1. The molecular weight excluding hydrogens is 264 g/mol. The van der Waals surface area contributed by atoms with Crippen LogP contribution in [0.3, 0.4) is 0 Å². The quantitative estimate of drug-likeness (QED) is 0.821. The Hall–Kier alpha value is -2.49. The average Bonchev–Trinajstić information content (AvgIpc) is 2.48. The lowest BCUT2D eigenvalue weighted by Crippen LogP contribution is -2.13. The molecule has 0 saturated heterocycles. The van der Waals surface area contributed by atoms with E-state index in [0.717, 1.165) is 22.6 Å². The first-order valence-electron chi connectivity index (χ1n) is 7.01. The molecule has 21 heavy (non-hydrogen) atoms.